The number of benzene rings is 2. The molecule has 0 aliphatic carbocycles. The second-order valence-corrected chi connectivity index (χ2v) is 7.71. The summed E-state index contributed by atoms with van der Waals surface area (Å²) in [5.74, 6) is 0.217. The van der Waals surface area contributed by atoms with Crippen LogP contribution in [-0.4, -0.2) is 10.8 Å². The highest BCUT2D eigenvalue weighted by atomic mass is 35.5. The monoisotopic (exact) mass is 400 g/mol. The molecule has 2 aromatic carbocycles. The van der Waals surface area contributed by atoms with Crippen LogP contribution in [0.15, 0.2) is 53.6 Å². The Labute approximate surface area is 174 Å². The van der Waals surface area contributed by atoms with Gasteiger partial charge in [0, 0.05) is 10.6 Å². The van der Waals surface area contributed by atoms with Crippen molar-refractivity contribution in [3.8, 4) is 5.75 Å². The number of unbranched alkanes of at least 4 members (excludes halogenated alkanes) is 8. The fraction of sp³-hybridized carbons (Fsp3) is 0.458. The Morgan fingerprint density at radius 1 is 0.893 bits per heavy atom. The first-order chi connectivity index (χ1) is 13.7. The van der Waals surface area contributed by atoms with Crippen molar-refractivity contribution in [2.45, 2.75) is 71.1 Å². The molecule has 0 atom stereocenters. The lowest BCUT2D eigenvalue weighted by molar-refractivity contribution is 0.474. The molecule has 0 amide bonds. The van der Waals surface area contributed by atoms with Gasteiger partial charge in [0.25, 0.3) is 0 Å². The van der Waals surface area contributed by atoms with Crippen molar-refractivity contribution < 1.29 is 5.11 Å². The quantitative estimate of drug-likeness (QED) is 0.205. The van der Waals surface area contributed by atoms with Crippen LogP contribution in [0.2, 0.25) is 5.02 Å². The fourth-order valence-corrected chi connectivity index (χ4v) is 3.41. The van der Waals surface area contributed by atoms with Crippen LogP contribution in [0.25, 0.3) is 0 Å². The number of hydrazone groups is 1. The minimum atomic E-state index is 0.217. The molecule has 0 bridgehead atoms. The highest BCUT2D eigenvalue weighted by Crippen LogP contribution is 2.25. The second kappa shape index (κ2) is 13.2. The van der Waals surface area contributed by atoms with E-state index in [9.17, 15) is 5.11 Å². The fourth-order valence-electron chi connectivity index (χ4n) is 3.24. The maximum absolute atomic E-state index is 10.3. The summed E-state index contributed by atoms with van der Waals surface area (Å²) in [6, 6.07) is 15.0. The van der Waals surface area contributed by atoms with Gasteiger partial charge in [-0.05, 0) is 43.2 Å². The first-order valence-corrected chi connectivity index (χ1v) is 10.9. The van der Waals surface area contributed by atoms with Crippen LogP contribution in [0.5, 0.6) is 5.75 Å². The van der Waals surface area contributed by atoms with Gasteiger partial charge < -0.3 is 5.11 Å². The lowest BCUT2D eigenvalue weighted by atomic mass is 10.0. The van der Waals surface area contributed by atoms with Gasteiger partial charge in [-0.1, -0.05) is 88.1 Å². The van der Waals surface area contributed by atoms with E-state index in [-0.39, 0.29) is 5.75 Å². The van der Waals surface area contributed by atoms with Crippen LogP contribution in [-0.2, 0) is 0 Å². The summed E-state index contributed by atoms with van der Waals surface area (Å²) in [7, 11) is 0. The predicted molar refractivity (Wildman–Crippen MR) is 122 cm³/mol. The maximum Gasteiger partial charge on any atom is 0.124 e. The van der Waals surface area contributed by atoms with Gasteiger partial charge in [0.2, 0.25) is 0 Å². The van der Waals surface area contributed by atoms with Crippen LogP contribution < -0.4 is 5.43 Å². The molecule has 0 saturated heterocycles. The third-order valence-corrected chi connectivity index (χ3v) is 5.12. The number of nitrogens with zero attached hydrogens (tertiary/aromatic N) is 1. The van der Waals surface area contributed by atoms with Crippen LogP contribution >= 0.6 is 11.6 Å². The third kappa shape index (κ3) is 8.35. The molecule has 0 unspecified atom stereocenters. The average Bonchev–Trinajstić information content (AvgIpc) is 2.71. The summed E-state index contributed by atoms with van der Waals surface area (Å²) in [6.45, 7) is 2.25. The summed E-state index contributed by atoms with van der Waals surface area (Å²) in [4.78, 5) is 0. The highest BCUT2D eigenvalue weighted by Gasteiger charge is 2.10. The Hall–Kier alpha value is -2.00. The number of hydrogen-bond donors (Lipinski definition) is 2. The summed E-state index contributed by atoms with van der Waals surface area (Å²) in [5.41, 5.74) is 5.57. The lowest BCUT2D eigenvalue weighted by Gasteiger charge is -2.11. The standard InChI is InChI=1S/C24H33ClN2O/c1-2-3-4-5-6-7-8-9-13-16-23(22-19-20(25)17-18-24(22)28)27-26-21-14-11-10-12-15-21/h10-12,14-15,17-19,26,28H,2-9,13,16H2,1H3/b27-23+. The van der Waals surface area contributed by atoms with E-state index in [2.05, 4.69) is 17.5 Å². The summed E-state index contributed by atoms with van der Waals surface area (Å²) in [5, 5.41) is 15.5. The predicted octanol–water partition coefficient (Wildman–Crippen LogP) is 7.78. The van der Waals surface area contributed by atoms with Gasteiger partial charge in [-0.3, -0.25) is 5.43 Å². The van der Waals surface area contributed by atoms with Crippen molar-refractivity contribution in [3.63, 3.8) is 0 Å². The molecule has 0 aliphatic rings. The largest absolute Gasteiger partial charge is 0.507 e. The number of aromatic hydroxyl groups is 1. The molecule has 0 radical (unpaired) electrons. The van der Waals surface area contributed by atoms with Crippen molar-refractivity contribution >= 4 is 23.0 Å². The summed E-state index contributed by atoms with van der Waals surface area (Å²) >= 11 is 6.15. The first kappa shape index (κ1) is 22.3. The van der Waals surface area contributed by atoms with Crippen LogP contribution in [0.1, 0.15) is 76.7 Å². The van der Waals surface area contributed by atoms with Gasteiger partial charge in [0.15, 0.2) is 0 Å². The number of phenols is 1. The zero-order chi connectivity index (χ0) is 20.0. The van der Waals surface area contributed by atoms with E-state index in [1.807, 2.05) is 30.3 Å². The number of nitrogens with one attached hydrogen (secondary N) is 1. The molecule has 2 rings (SSSR count). The minimum absolute atomic E-state index is 0.217. The van der Waals surface area contributed by atoms with Gasteiger partial charge in [-0.2, -0.15) is 5.10 Å². The van der Waals surface area contributed by atoms with E-state index in [0.717, 1.165) is 24.2 Å². The first-order valence-electron chi connectivity index (χ1n) is 10.6. The Morgan fingerprint density at radius 2 is 1.54 bits per heavy atom. The van der Waals surface area contributed by atoms with Crippen LogP contribution in [0, 0.1) is 0 Å². The number of anilines is 1. The summed E-state index contributed by atoms with van der Waals surface area (Å²) < 4.78 is 0. The van der Waals surface area contributed by atoms with Crippen LogP contribution in [0.3, 0.4) is 0 Å². The third-order valence-electron chi connectivity index (χ3n) is 4.88. The second-order valence-electron chi connectivity index (χ2n) is 7.28. The molecule has 2 aromatic rings. The van der Waals surface area contributed by atoms with E-state index >= 15 is 0 Å². The van der Waals surface area contributed by atoms with E-state index in [0.29, 0.717) is 10.6 Å². The van der Waals surface area contributed by atoms with Crippen molar-refractivity contribution in [1.29, 1.82) is 0 Å². The van der Waals surface area contributed by atoms with E-state index in [1.165, 1.54) is 51.4 Å². The Balaban J connectivity index is 1.89. The molecule has 0 heterocycles. The SMILES string of the molecule is CCCCCCCCCCC/C(=N\Nc1ccccc1)c1cc(Cl)ccc1O. The average molecular weight is 401 g/mol. The number of rotatable bonds is 13. The smallest absolute Gasteiger partial charge is 0.124 e. The van der Waals surface area contributed by atoms with E-state index < -0.39 is 0 Å². The Kier molecular flexibility index (Phi) is 10.5. The molecule has 4 heteroatoms. The highest BCUT2D eigenvalue weighted by molar-refractivity contribution is 6.31. The summed E-state index contributed by atoms with van der Waals surface area (Å²) in [6.07, 6.45) is 12.3. The van der Waals surface area contributed by atoms with Crippen molar-refractivity contribution in [1.82, 2.24) is 0 Å². The van der Waals surface area contributed by atoms with Crippen molar-refractivity contribution in [3.05, 3.63) is 59.1 Å². The van der Waals surface area contributed by atoms with Gasteiger partial charge in [-0.15, -0.1) is 0 Å². The van der Waals surface area contributed by atoms with Crippen LogP contribution in [0.4, 0.5) is 5.69 Å². The van der Waals surface area contributed by atoms with Crippen molar-refractivity contribution in [2.75, 3.05) is 5.43 Å². The van der Waals surface area contributed by atoms with Gasteiger partial charge in [0.05, 0.1) is 11.4 Å². The van der Waals surface area contributed by atoms with Gasteiger partial charge in [0.1, 0.15) is 5.75 Å². The number of halogens is 1. The normalized spacial score (nSPS) is 11.6. The Bertz CT molecular complexity index is 716. The van der Waals surface area contributed by atoms with E-state index in [4.69, 9.17) is 11.6 Å². The van der Waals surface area contributed by atoms with Crippen molar-refractivity contribution in [2.24, 2.45) is 5.10 Å². The lowest BCUT2D eigenvalue weighted by Crippen LogP contribution is -2.05. The number of hydrogen-bond acceptors (Lipinski definition) is 3. The Morgan fingerprint density at radius 3 is 2.21 bits per heavy atom. The molecule has 0 saturated carbocycles. The molecule has 2 N–H and O–H groups in total. The molecule has 152 valence electrons. The molecule has 0 aromatic heterocycles. The molecular formula is C24H33ClN2O. The molecule has 0 spiro atoms. The zero-order valence-corrected chi connectivity index (χ0v) is 17.7. The van der Waals surface area contributed by atoms with E-state index in [1.54, 1.807) is 18.2 Å². The topological polar surface area (TPSA) is 44.6 Å². The maximum atomic E-state index is 10.3. The molecular weight excluding hydrogens is 368 g/mol. The molecule has 3 nitrogen and oxygen atoms in total. The van der Waals surface area contributed by atoms with Gasteiger partial charge in [-0.25, -0.2) is 0 Å². The number of para-hydroxylation sites is 1. The molecule has 0 aliphatic heterocycles. The molecule has 28 heavy (non-hydrogen) atoms. The number of phenolic OH excluding ortho intramolecular Hbond substituents is 1. The minimum Gasteiger partial charge on any atom is -0.507 e. The zero-order valence-electron chi connectivity index (χ0n) is 17.0. The molecule has 0 fully saturated rings. The van der Waals surface area contributed by atoms with Gasteiger partial charge >= 0.3 is 0 Å².